The number of aromatic amines is 1. The summed E-state index contributed by atoms with van der Waals surface area (Å²) in [5.41, 5.74) is 5.89. The van der Waals surface area contributed by atoms with Gasteiger partial charge in [0.1, 0.15) is 0 Å². The molecule has 0 saturated carbocycles. The third kappa shape index (κ3) is 6.95. The van der Waals surface area contributed by atoms with E-state index in [0.29, 0.717) is 22.4 Å². The van der Waals surface area contributed by atoms with Crippen molar-refractivity contribution >= 4 is 38.5 Å². The standard InChI is InChI=1S/C24H22ClN3O2.CH4O3S/c25-20-14-21-23(30-24(29)26-21)22(15-20)28-11-9-27(10-12-28)16-17-5-4-8-19(13-17)18-6-2-1-3-7-18;1-5(2,3)4/h1-8,13-15H,9-12,16H2,(H,26,29);1H3,(H,2,3,4). The van der Waals surface area contributed by atoms with E-state index in [0.717, 1.165) is 38.4 Å². The van der Waals surface area contributed by atoms with E-state index in [-0.39, 0.29) is 0 Å². The van der Waals surface area contributed by atoms with Gasteiger partial charge in [-0.1, -0.05) is 60.1 Å². The quantitative estimate of drug-likeness (QED) is 0.391. The predicted molar refractivity (Wildman–Crippen MR) is 139 cm³/mol. The van der Waals surface area contributed by atoms with Gasteiger partial charge in [0.05, 0.1) is 17.5 Å². The zero-order chi connectivity index (χ0) is 25.0. The van der Waals surface area contributed by atoms with Gasteiger partial charge < -0.3 is 9.32 Å². The van der Waals surface area contributed by atoms with Gasteiger partial charge in [-0.25, -0.2) is 4.79 Å². The predicted octanol–water partition coefficient (Wildman–Crippen LogP) is 4.27. The molecule has 2 N–H and O–H groups in total. The number of hydrogen-bond donors (Lipinski definition) is 2. The minimum absolute atomic E-state index is 0.453. The Hall–Kier alpha value is -3.11. The summed E-state index contributed by atoms with van der Waals surface area (Å²) in [5, 5.41) is 0.592. The lowest BCUT2D eigenvalue weighted by atomic mass is 10.0. The maximum atomic E-state index is 11.6. The summed E-state index contributed by atoms with van der Waals surface area (Å²) in [4.78, 5) is 19.0. The van der Waals surface area contributed by atoms with Gasteiger partial charge in [0.2, 0.25) is 0 Å². The second kappa shape index (κ2) is 10.7. The number of H-pyrrole nitrogens is 1. The minimum atomic E-state index is -3.67. The van der Waals surface area contributed by atoms with Crippen molar-refractivity contribution in [2.45, 2.75) is 6.54 Å². The van der Waals surface area contributed by atoms with Crippen molar-refractivity contribution in [3.8, 4) is 11.1 Å². The normalized spacial score (nSPS) is 14.5. The van der Waals surface area contributed by atoms with Crippen LogP contribution in [0.15, 0.2) is 75.9 Å². The number of anilines is 1. The van der Waals surface area contributed by atoms with Crippen LogP contribution in [0.2, 0.25) is 5.02 Å². The van der Waals surface area contributed by atoms with E-state index in [1.54, 1.807) is 6.07 Å². The largest absolute Gasteiger partial charge is 0.417 e. The van der Waals surface area contributed by atoms with E-state index >= 15 is 0 Å². The molecule has 1 fully saturated rings. The monoisotopic (exact) mass is 515 g/mol. The van der Waals surface area contributed by atoms with Crippen molar-refractivity contribution in [1.82, 2.24) is 9.88 Å². The second-order valence-electron chi connectivity index (χ2n) is 8.38. The lowest BCUT2D eigenvalue weighted by Gasteiger charge is -2.36. The van der Waals surface area contributed by atoms with Crippen LogP contribution in [-0.2, 0) is 16.7 Å². The summed E-state index contributed by atoms with van der Waals surface area (Å²) < 4.78 is 31.2. The van der Waals surface area contributed by atoms with E-state index in [4.69, 9.17) is 20.6 Å². The first-order chi connectivity index (χ1) is 16.7. The first-order valence-electron chi connectivity index (χ1n) is 11.0. The summed E-state index contributed by atoms with van der Waals surface area (Å²) in [5.74, 6) is -0.453. The first kappa shape index (κ1) is 25.0. The highest BCUT2D eigenvalue weighted by molar-refractivity contribution is 7.85. The molecule has 1 aromatic heterocycles. The number of hydrogen-bond acceptors (Lipinski definition) is 6. The Morgan fingerprint density at radius 1 is 0.971 bits per heavy atom. The molecular weight excluding hydrogens is 490 g/mol. The molecule has 0 amide bonds. The van der Waals surface area contributed by atoms with Gasteiger partial charge in [-0.15, -0.1) is 0 Å². The van der Waals surface area contributed by atoms with E-state index in [1.165, 1.54) is 16.7 Å². The molecule has 0 atom stereocenters. The van der Waals surface area contributed by atoms with Crippen molar-refractivity contribution < 1.29 is 17.4 Å². The van der Waals surface area contributed by atoms with Crippen molar-refractivity contribution in [3.05, 3.63) is 87.9 Å². The fourth-order valence-electron chi connectivity index (χ4n) is 4.13. The molecular formula is C25H26ClN3O5S. The van der Waals surface area contributed by atoms with Crippen LogP contribution < -0.4 is 10.7 Å². The molecule has 1 saturated heterocycles. The van der Waals surface area contributed by atoms with Gasteiger partial charge >= 0.3 is 5.76 Å². The van der Waals surface area contributed by atoms with Crippen LogP contribution >= 0.6 is 11.6 Å². The third-order valence-electron chi connectivity index (χ3n) is 5.62. The zero-order valence-corrected chi connectivity index (χ0v) is 20.7. The summed E-state index contributed by atoms with van der Waals surface area (Å²) in [6, 6.07) is 22.8. The molecule has 35 heavy (non-hydrogen) atoms. The number of aromatic nitrogens is 1. The molecule has 1 aliphatic heterocycles. The van der Waals surface area contributed by atoms with Gasteiger partial charge in [-0.2, -0.15) is 8.42 Å². The number of halogens is 1. The van der Waals surface area contributed by atoms with Crippen molar-refractivity contribution in [2.75, 3.05) is 37.3 Å². The van der Waals surface area contributed by atoms with Gasteiger partial charge in [0, 0.05) is 37.7 Å². The molecule has 5 rings (SSSR count). The first-order valence-corrected chi connectivity index (χ1v) is 13.2. The molecule has 184 valence electrons. The van der Waals surface area contributed by atoms with Crippen LogP contribution in [0.5, 0.6) is 0 Å². The summed E-state index contributed by atoms with van der Waals surface area (Å²) >= 11 is 6.25. The van der Waals surface area contributed by atoms with Gasteiger partial charge in [0.25, 0.3) is 10.1 Å². The third-order valence-corrected chi connectivity index (χ3v) is 5.84. The lowest BCUT2D eigenvalue weighted by molar-refractivity contribution is 0.250. The average molecular weight is 516 g/mol. The Labute approximate surface area is 208 Å². The van der Waals surface area contributed by atoms with Crippen LogP contribution in [0.1, 0.15) is 5.56 Å². The highest BCUT2D eigenvalue weighted by atomic mass is 35.5. The number of piperazine rings is 1. The Bertz CT molecular complexity index is 1450. The Morgan fingerprint density at radius 2 is 1.63 bits per heavy atom. The molecule has 0 aliphatic carbocycles. The number of nitrogens with one attached hydrogen (secondary N) is 1. The summed E-state index contributed by atoms with van der Waals surface area (Å²) in [6.07, 6.45) is 0.715. The Kier molecular flexibility index (Phi) is 7.61. The van der Waals surface area contributed by atoms with E-state index in [1.807, 2.05) is 12.1 Å². The highest BCUT2D eigenvalue weighted by Gasteiger charge is 2.21. The molecule has 4 aromatic rings. The van der Waals surface area contributed by atoms with Crippen molar-refractivity contribution in [1.29, 1.82) is 0 Å². The fraction of sp³-hybridized carbons (Fsp3) is 0.240. The van der Waals surface area contributed by atoms with Crippen LogP contribution in [0, 0.1) is 0 Å². The molecule has 0 spiro atoms. The number of oxazole rings is 1. The van der Waals surface area contributed by atoms with Crippen molar-refractivity contribution in [2.24, 2.45) is 0 Å². The van der Waals surface area contributed by atoms with E-state index < -0.39 is 15.9 Å². The second-order valence-corrected chi connectivity index (χ2v) is 10.3. The summed E-state index contributed by atoms with van der Waals surface area (Å²) in [7, 11) is -3.67. The van der Waals surface area contributed by atoms with E-state index in [2.05, 4.69) is 63.3 Å². The van der Waals surface area contributed by atoms with Crippen LogP contribution in [0.25, 0.3) is 22.2 Å². The van der Waals surface area contributed by atoms with Crippen molar-refractivity contribution in [3.63, 3.8) is 0 Å². The van der Waals surface area contributed by atoms with Gasteiger partial charge in [-0.3, -0.25) is 14.4 Å². The lowest BCUT2D eigenvalue weighted by Crippen LogP contribution is -2.46. The number of rotatable bonds is 4. The van der Waals surface area contributed by atoms with Gasteiger partial charge in [-0.05, 0) is 34.9 Å². The molecule has 3 aromatic carbocycles. The summed E-state index contributed by atoms with van der Waals surface area (Å²) in [6.45, 7) is 4.47. The molecule has 0 bridgehead atoms. The maximum absolute atomic E-state index is 11.6. The average Bonchev–Trinajstić information content (AvgIpc) is 3.19. The Morgan fingerprint density at radius 3 is 2.31 bits per heavy atom. The molecule has 0 radical (unpaired) electrons. The van der Waals surface area contributed by atoms with E-state index in [9.17, 15) is 13.2 Å². The molecule has 2 heterocycles. The fourth-order valence-corrected chi connectivity index (χ4v) is 4.34. The maximum Gasteiger partial charge on any atom is 0.417 e. The van der Waals surface area contributed by atoms with Gasteiger partial charge in [0.15, 0.2) is 5.58 Å². The van der Waals surface area contributed by atoms with Crippen LogP contribution in [0.3, 0.4) is 0 Å². The highest BCUT2D eigenvalue weighted by Crippen LogP contribution is 2.30. The SMILES string of the molecule is CS(=O)(=O)O.O=c1[nH]c2cc(Cl)cc(N3CCN(Cc4cccc(-c5ccccc5)c4)CC3)c2o1. The topological polar surface area (TPSA) is 107 Å². The minimum Gasteiger partial charge on any atom is -0.406 e. The zero-order valence-electron chi connectivity index (χ0n) is 19.1. The molecule has 0 unspecified atom stereocenters. The number of benzene rings is 3. The number of fused-ring (bicyclic) bond motifs is 1. The van der Waals surface area contributed by atoms with Crippen LogP contribution in [-0.4, -0.2) is 55.3 Å². The van der Waals surface area contributed by atoms with Crippen LogP contribution in [0.4, 0.5) is 5.69 Å². The molecule has 10 heteroatoms. The molecule has 1 aliphatic rings. The smallest absolute Gasteiger partial charge is 0.406 e. The molecule has 8 nitrogen and oxygen atoms in total. The Balaban J connectivity index is 0.000000527. The number of nitrogens with zero attached hydrogens (tertiary/aromatic N) is 2.